The maximum absolute atomic E-state index is 6.40. The van der Waals surface area contributed by atoms with Crippen molar-refractivity contribution in [2.75, 3.05) is 7.11 Å². The fourth-order valence-corrected chi connectivity index (χ4v) is 3.87. The molecule has 0 aliphatic rings. The number of fused-ring (bicyclic) bond motifs is 3. The SMILES string of the molecule is COc1ccc(-c2cc(Cl)nc(-c3cc4ccccc4c4ccccc34)n2)cc1. The minimum absolute atomic E-state index is 0.415. The fourth-order valence-electron chi connectivity index (χ4n) is 3.69. The summed E-state index contributed by atoms with van der Waals surface area (Å²) in [6, 6.07) is 28.4. The Morgan fingerprint density at radius 2 is 1.41 bits per heavy atom. The number of hydrogen-bond acceptors (Lipinski definition) is 3. The molecule has 0 atom stereocenters. The van der Waals surface area contributed by atoms with Gasteiger partial charge in [-0.1, -0.05) is 60.1 Å². The smallest absolute Gasteiger partial charge is 0.162 e. The summed E-state index contributed by atoms with van der Waals surface area (Å²) in [5.41, 5.74) is 2.71. The summed E-state index contributed by atoms with van der Waals surface area (Å²) < 4.78 is 5.25. The molecule has 3 nitrogen and oxygen atoms in total. The summed E-state index contributed by atoms with van der Waals surface area (Å²) in [5.74, 6) is 1.42. The normalized spacial score (nSPS) is 11.1. The van der Waals surface area contributed by atoms with Crippen molar-refractivity contribution in [3.05, 3.63) is 90.1 Å². The van der Waals surface area contributed by atoms with Crippen LogP contribution in [0.25, 0.3) is 44.2 Å². The van der Waals surface area contributed by atoms with Crippen LogP contribution in [-0.2, 0) is 0 Å². The van der Waals surface area contributed by atoms with Gasteiger partial charge in [0.1, 0.15) is 10.9 Å². The lowest BCUT2D eigenvalue weighted by Gasteiger charge is -2.11. The molecule has 1 aromatic heterocycles. The molecule has 140 valence electrons. The van der Waals surface area contributed by atoms with Crippen molar-refractivity contribution in [1.82, 2.24) is 9.97 Å². The molecule has 0 aliphatic heterocycles. The number of methoxy groups -OCH3 is 1. The van der Waals surface area contributed by atoms with E-state index in [1.165, 1.54) is 10.8 Å². The van der Waals surface area contributed by atoms with Crippen LogP contribution >= 0.6 is 11.6 Å². The van der Waals surface area contributed by atoms with Gasteiger partial charge in [0, 0.05) is 17.2 Å². The molecule has 0 unspecified atom stereocenters. The second kappa shape index (κ2) is 7.19. The molecular formula is C25H17ClN2O. The predicted octanol–water partition coefficient (Wildman–Crippen LogP) is 6.78. The first-order valence-corrected chi connectivity index (χ1v) is 9.70. The van der Waals surface area contributed by atoms with Crippen LogP contribution in [0.15, 0.2) is 84.9 Å². The third-order valence-corrected chi connectivity index (χ3v) is 5.28. The highest BCUT2D eigenvalue weighted by atomic mass is 35.5. The number of ether oxygens (including phenoxy) is 1. The first kappa shape index (κ1) is 17.7. The number of benzene rings is 4. The first-order valence-electron chi connectivity index (χ1n) is 9.33. The van der Waals surface area contributed by atoms with Crippen LogP contribution in [0.5, 0.6) is 5.75 Å². The molecule has 0 radical (unpaired) electrons. The van der Waals surface area contributed by atoms with E-state index in [0.717, 1.165) is 33.3 Å². The van der Waals surface area contributed by atoms with E-state index >= 15 is 0 Å². The summed E-state index contributed by atoms with van der Waals surface area (Å²) in [4.78, 5) is 9.40. The summed E-state index contributed by atoms with van der Waals surface area (Å²) in [6.07, 6.45) is 0. The number of hydrogen-bond donors (Lipinski definition) is 0. The van der Waals surface area contributed by atoms with Gasteiger partial charge < -0.3 is 4.74 Å². The fraction of sp³-hybridized carbons (Fsp3) is 0.0400. The topological polar surface area (TPSA) is 35.0 Å². The summed E-state index contributed by atoms with van der Waals surface area (Å²) >= 11 is 6.40. The van der Waals surface area contributed by atoms with Crippen molar-refractivity contribution in [2.24, 2.45) is 0 Å². The standard InChI is InChI=1S/C25H17ClN2O/c1-29-18-12-10-16(11-13-18)23-15-24(26)28-25(27-23)22-14-17-6-2-3-7-19(17)20-8-4-5-9-21(20)22/h2-15H,1H3. The molecule has 0 saturated carbocycles. The Bertz CT molecular complexity index is 1350. The molecule has 0 N–H and O–H groups in total. The highest BCUT2D eigenvalue weighted by Gasteiger charge is 2.13. The van der Waals surface area contributed by atoms with Crippen LogP contribution in [-0.4, -0.2) is 17.1 Å². The van der Waals surface area contributed by atoms with Gasteiger partial charge in [0.2, 0.25) is 0 Å². The third kappa shape index (κ3) is 3.20. The lowest BCUT2D eigenvalue weighted by molar-refractivity contribution is 0.415. The molecule has 0 aliphatic carbocycles. The Morgan fingerprint density at radius 1 is 0.724 bits per heavy atom. The van der Waals surface area contributed by atoms with Crippen molar-refractivity contribution in [1.29, 1.82) is 0 Å². The van der Waals surface area contributed by atoms with Crippen molar-refractivity contribution in [2.45, 2.75) is 0 Å². The first-order chi connectivity index (χ1) is 14.2. The largest absolute Gasteiger partial charge is 0.497 e. The third-order valence-electron chi connectivity index (χ3n) is 5.09. The van der Waals surface area contributed by atoms with Gasteiger partial charge in [-0.3, -0.25) is 0 Å². The van der Waals surface area contributed by atoms with Gasteiger partial charge in [0.05, 0.1) is 12.8 Å². The van der Waals surface area contributed by atoms with Gasteiger partial charge in [-0.15, -0.1) is 0 Å². The van der Waals surface area contributed by atoms with Gasteiger partial charge in [0.25, 0.3) is 0 Å². The molecule has 4 heteroatoms. The Balaban J connectivity index is 1.75. The highest BCUT2D eigenvalue weighted by molar-refractivity contribution is 6.29. The molecule has 1 heterocycles. The van der Waals surface area contributed by atoms with Gasteiger partial charge in [0.15, 0.2) is 5.82 Å². The number of aromatic nitrogens is 2. The number of rotatable bonds is 3. The summed E-state index contributed by atoms with van der Waals surface area (Å²) in [7, 11) is 1.65. The van der Waals surface area contributed by atoms with Crippen LogP contribution in [0.4, 0.5) is 0 Å². The van der Waals surface area contributed by atoms with Crippen molar-refractivity contribution >= 4 is 33.1 Å². The molecule has 0 amide bonds. The number of halogens is 1. The van der Waals surface area contributed by atoms with Gasteiger partial charge >= 0.3 is 0 Å². The molecule has 0 bridgehead atoms. The van der Waals surface area contributed by atoms with E-state index < -0.39 is 0 Å². The van der Waals surface area contributed by atoms with Gasteiger partial charge in [-0.25, -0.2) is 9.97 Å². The maximum Gasteiger partial charge on any atom is 0.162 e. The average molecular weight is 397 g/mol. The molecular weight excluding hydrogens is 380 g/mol. The molecule has 0 spiro atoms. The second-order valence-electron chi connectivity index (χ2n) is 6.82. The van der Waals surface area contributed by atoms with Crippen LogP contribution in [0.1, 0.15) is 0 Å². The van der Waals surface area contributed by atoms with Gasteiger partial charge in [-0.05, 0) is 51.9 Å². The van der Waals surface area contributed by atoms with Crippen LogP contribution in [0.2, 0.25) is 5.15 Å². The zero-order valence-electron chi connectivity index (χ0n) is 15.8. The highest BCUT2D eigenvalue weighted by Crippen LogP contribution is 2.35. The average Bonchev–Trinajstić information content (AvgIpc) is 2.78. The van der Waals surface area contributed by atoms with Crippen molar-refractivity contribution in [3.8, 4) is 28.4 Å². The Hall–Kier alpha value is -3.43. The van der Waals surface area contributed by atoms with E-state index in [0.29, 0.717) is 11.0 Å². The minimum atomic E-state index is 0.415. The van der Waals surface area contributed by atoms with E-state index in [1.807, 2.05) is 36.4 Å². The van der Waals surface area contributed by atoms with E-state index in [4.69, 9.17) is 21.3 Å². The van der Waals surface area contributed by atoms with Crippen molar-refractivity contribution < 1.29 is 4.74 Å². The van der Waals surface area contributed by atoms with E-state index in [9.17, 15) is 0 Å². The summed E-state index contributed by atoms with van der Waals surface area (Å²) in [5, 5.41) is 5.06. The molecule has 5 rings (SSSR count). The Kier molecular flexibility index (Phi) is 4.38. The predicted molar refractivity (Wildman–Crippen MR) is 119 cm³/mol. The van der Waals surface area contributed by atoms with Crippen LogP contribution in [0, 0.1) is 0 Å². The zero-order valence-corrected chi connectivity index (χ0v) is 16.5. The van der Waals surface area contributed by atoms with E-state index in [-0.39, 0.29) is 0 Å². The molecule has 0 saturated heterocycles. The van der Waals surface area contributed by atoms with Gasteiger partial charge in [-0.2, -0.15) is 0 Å². The van der Waals surface area contributed by atoms with E-state index in [1.54, 1.807) is 13.2 Å². The number of nitrogens with zero attached hydrogens (tertiary/aromatic N) is 2. The summed E-state index contributed by atoms with van der Waals surface area (Å²) in [6.45, 7) is 0. The van der Waals surface area contributed by atoms with Crippen LogP contribution in [0.3, 0.4) is 0 Å². The maximum atomic E-state index is 6.40. The monoisotopic (exact) mass is 396 g/mol. The molecule has 29 heavy (non-hydrogen) atoms. The van der Waals surface area contributed by atoms with Crippen molar-refractivity contribution in [3.63, 3.8) is 0 Å². The second-order valence-corrected chi connectivity index (χ2v) is 7.21. The van der Waals surface area contributed by atoms with E-state index in [2.05, 4.69) is 47.4 Å². The van der Waals surface area contributed by atoms with Crippen LogP contribution < -0.4 is 4.74 Å². The quantitative estimate of drug-likeness (QED) is 0.249. The zero-order chi connectivity index (χ0) is 19.8. The lowest BCUT2D eigenvalue weighted by atomic mass is 9.97. The molecule has 5 aromatic rings. The Labute approximate surface area is 173 Å². The minimum Gasteiger partial charge on any atom is -0.497 e. The lowest BCUT2D eigenvalue weighted by Crippen LogP contribution is -1.95. The molecule has 4 aromatic carbocycles. The molecule has 0 fully saturated rings. The Morgan fingerprint density at radius 3 is 2.17 bits per heavy atom.